The Morgan fingerprint density at radius 2 is 1.82 bits per heavy atom. The van der Waals surface area contributed by atoms with Gasteiger partial charge in [-0.1, -0.05) is 26.3 Å². The fourth-order valence-corrected chi connectivity index (χ4v) is 8.21. The van der Waals surface area contributed by atoms with E-state index in [1.165, 1.54) is 19.9 Å². The summed E-state index contributed by atoms with van der Waals surface area (Å²) >= 11 is 0. The van der Waals surface area contributed by atoms with Gasteiger partial charge in [0.1, 0.15) is 12.2 Å². The van der Waals surface area contributed by atoms with Crippen LogP contribution in [-0.4, -0.2) is 81.2 Å². The number of allylic oxidation sites excluding steroid dienone is 3. The number of ether oxygens (including phenoxy) is 3. The van der Waals surface area contributed by atoms with Crippen molar-refractivity contribution < 1.29 is 53.8 Å². The van der Waals surface area contributed by atoms with E-state index in [1.807, 2.05) is 0 Å². The highest BCUT2D eigenvalue weighted by Gasteiger charge is 2.85. The zero-order chi connectivity index (χ0) is 29.5. The van der Waals surface area contributed by atoms with Crippen LogP contribution >= 0.6 is 0 Å². The Kier molecular flexibility index (Phi) is 6.69. The van der Waals surface area contributed by atoms with E-state index in [9.17, 15) is 39.6 Å². The number of hydrogen-bond acceptors (Lipinski definition) is 11. The average molecular weight is 549 g/mol. The van der Waals surface area contributed by atoms with E-state index in [2.05, 4.69) is 0 Å². The monoisotopic (exact) mass is 548 g/mol. The molecule has 0 aromatic heterocycles. The molecule has 0 aromatic carbocycles. The van der Waals surface area contributed by atoms with Crippen molar-refractivity contribution in [2.75, 3.05) is 7.11 Å². The third-order valence-corrected chi connectivity index (χ3v) is 9.85. The Bertz CT molecular complexity index is 1240. The van der Waals surface area contributed by atoms with Crippen molar-refractivity contribution >= 4 is 23.7 Å². The number of methoxy groups -OCH3 is 1. The van der Waals surface area contributed by atoms with Gasteiger partial charge in [0.2, 0.25) is 17.5 Å². The number of ketones is 1. The van der Waals surface area contributed by atoms with Gasteiger partial charge in [0.15, 0.2) is 5.76 Å². The van der Waals surface area contributed by atoms with Crippen LogP contribution < -0.4 is 0 Å². The predicted molar refractivity (Wildman–Crippen MR) is 134 cm³/mol. The minimum atomic E-state index is -2.94. The molecule has 11 heteroatoms. The van der Waals surface area contributed by atoms with Gasteiger partial charge in [-0.3, -0.25) is 4.79 Å². The maximum Gasteiger partial charge on any atom is 0.348 e. The normalized spacial score (nSPS) is 42.9. The van der Waals surface area contributed by atoms with Crippen LogP contribution in [-0.2, 0) is 33.4 Å². The van der Waals surface area contributed by atoms with Gasteiger partial charge in [-0.2, -0.15) is 0 Å². The Morgan fingerprint density at radius 1 is 1.21 bits per heavy atom. The van der Waals surface area contributed by atoms with Gasteiger partial charge < -0.3 is 34.6 Å². The van der Waals surface area contributed by atoms with Gasteiger partial charge in [0.05, 0.1) is 18.6 Å². The lowest BCUT2D eigenvalue weighted by atomic mass is 9.33. The minimum absolute atomic E-state index is 0.0295. The van der Waals surface area contributed by atoms with Crippen LogP contribution in [0, 0.1) is 22.2 Å². The number of aliphatic hydroxyl groups is 4. The van der Waals surface area contributed by atoms with E-state index < -0.39 is 81.6 Å². The molecule has 0 radical (unpaired) electrons. The van der Waals surface area contributed by atoms with E-state index >= 15 is 0 Å². The fraction of sp³-hybridized carbons (Fsp3) is 0.643. The molecule has 4 rings (SSSR count). The zero-order valence-corrected chi connectivity index (χ0v) is 23.1. The fourth-order valence-electron chi connectivity index (χ4n) is 8.21. The number of Topliss-reactive ketones (excluding diaryl/α,β-unsaturated/α-hetero) is 1. The zero-order valence-electron chi connectivity index (χ0n) is 23.1. The molecule has 39 heavy (non-hydrogen) atoms. The molecule has 0 spiro atoms. The first-order valence-electron chi connectivity index (χ1n) is 12.9. The second-order valence-corrected chi connectivity index (χ2v) is 11.7. The number of esters is 3. The average Bonchev–Trinajstić information content (AvgIpc) is 2.86. The van der Waals surface area contributed by atoms with Crippen LogP contribution in [0.5, 0.6) is 0 Å². The molecule has 3 aliphatic carbocycles. The van der Waals surface area contributed by atoms with Gasteiger partial charge in [0, 0.05) is 34.8 Å². The molecule has 0 aromatic rings. The first-order valence-corrected chi connectivity index (χ1v) is 12.9. The first-order chi connectivity index (χ1) is 18.0. The summed E-state index contributed by atoms with van der Waals surface area (Å²) in [4.78, 5) is 52.5. The SMILES string of the molecule is CCC12[C@H]3CC4=C(C)C(=O)C(O)=C[C@]4(C)[C@H]1[C@@H](O)[C@H](O)[C@](O)(C(=O)OC)[C@]2(C)[C@@H](OC(=O)C=C(C)C)C(=O)O3. The first kappa shape index (κ1) is 29.0. The minimum Gasteiger partial charge on any atom is -0.504 e. The van der Waals surface area contributed by atoms with Crippen LogP contribution in [0.3, 0.4) is 0 Å². The second-order valence-electron chi connectivity index (χ2n) is 11.7. The van der Waals surface area contributed by atoms with E-state index in [-0.39, 0.29) is 18.4 Å². The summed E-state index contributed by atoms with van der Waals surface area (Å²) in [5, 5.41) is 46.0. The van der Waals surface area contributed by atoms with Crippen LogP contribution in [0.25, 0.3) is 0 Å². The molecule has 0 bridgehead atoms. The van der Waals surface area contributed by atoms with E-state index in [0.717, 1.165) is 13.2 Å². The standard InChI is InChI=1S/C28H36O11/c1-8-27-16-10-14-13(4)18(31)15(29)11-25(14,5)20(27)19(32)21(33)28(36,24(35)37-7)26(27,6)22(23(34)38-16)39-17(30)9-12(2)3/h9,11,16,19-22,29,32-33,36H,8,10H2,1-7H3/t16-,19-,20-,21+,22+,25+,26-,27?,28+/m1/s1. The highest BCUT2D eigenvalue weighted by Crippen LogP contribution is 2.74. The molecular weight excluding hydrogens is 512 g/mol. The molecule has 1 heterocycles. The quantitative estimate of drug-likeness (QED) is 0.225. The number of fused-ring (bicyclic) bond motifs is 2. The van der Waals surface area contributed by atoms with Crippen molar-refractivity contribution in [2.45, 2.75) is 84.4 Å². The number of hydrogen-bond donors (Lipinski definition) is 4. The molecule has 1 unspecified atom stereocenters. The molecule has 2 saturated carbocycles. The lowest BCUT2D eigenvalue weighted by Crippen LogP contribution is -2.86. The Labute approximate surface area is 226 Å². The van der Waals surface area contributed by atoms with Gasteiger partial charge in [-0.25, -0.2) is 14.4 Å². The summed E-state index contributed by atoms with van der Waals surface area (Å²) in [7, 11) is 0.982. The largest absolute Gasteiger partial charge is 0.504 e. The van der Waals surface area contributed by atoms with Gasteiger partial charge >= 0.3 is 17.9 Å². The van der Waals surface area contributed by atoms with Crippen LogP contribution in [0.4, 0.5) is 0 Å². The van der Waals surface area contributed by atoms with E-state index in [0.29, 0.717) is 11.1 Å². The third-order valence-electron chi connectivity index (χ3n) is 9.85. The number of aliphatic hydroxyl groups excluding tert-OH is 3. The highest BCUT2D eigenvalue weighted by atomic mass is 16.6. The lowest BCUT2D eigenvalue weighted by molar-refractivity contribution is -0.355. The van der Waals surface area contributed by atoms with Crippen molar-refractivity contribution in [3.63, 3.8) is 0 Å². The van der Waals surface area contributed by atoms with E-state index in [1.54, 1.807) is 27.7 Å². The van der Waals surface area contributed by atoms with Crippen molar-refractivity contribution in [3.05, 3.63) is 34.6 Å². The Morgan fingerprint density at radius 3 is 2.36 bits per heavy atom. The third kappa shape index (κ3) is 3.32. The number of carbonyl (C=O) groups is 4. The summed E-state index contributed by atoms with van der Waals surface area (Å²) in [5.41, 5.74) is -6.63. The molecule has 4 aliphatic rings. The van der Waals surface area contributed by atoms with Crippen LogP contribution in [0.15, 0.2) is 34.6 Å². The highest BCUT2D eigenvalue weighted by molar-refractivity contribution is 6.08. The van der Waals surface area contributed by atoms with Crippen molar-refractivity contribution in [1.82, 2.24) is 0 Å². The number of carbonyl (C=O) groups excluding carboxylic acids is 4. The van der Waals surface area contributed by atoms with Crippen molar-refractivity contribution in [3.8, 4) is 0 Å². The summed E-state index contributed by atoms with van der Waals surface area (Å²) in [6, 6.07) is 0. The lowest BCUT2D eigenvalue weighted by Gasteiger charge is -2.73. The Hall–Kier alpha value is -3.02. The Balaban J connectivity index is 2.11. The van der Waals surface area contributed by atoms with E-state index in [4.69, 9.17) is 14.2 Å². The molecule has 11 nitrogen and oxygen atoms in total. The summed E-state index contributed by atoms with van der Waals surface area (Å²) < 4.78 is 16.4. The molecule has 3 fully saturated rings. The van der Waals surface area contributed by atoms with Crippen LogP contribution in [0.2, 0.25) is 0 Å². The molecular formula is C28H36O11. The molecule has 0 amide bonds. The van der Waals surface area contributed by atoms with Gasteiger partial charge in [0.25, 0.3) is 0 Å². The van der Waals surface area contributed by atoms with Crippen LogP contribution in [0.1, 0.15) is 54.4 Å². The smallest absolute Gasteiger partial charge is 0.348 e. The molecule has 9 atom stereocenters. The van der Waals surface area contributed by atoms with Crippen molar-refractivity contribution in [1.29, 1.82) is 0 Å². The van der Waals surface area contributed by atoms with Gasteiger partial charge in [-0.15, -0.1) is 0 Å². The number of rotatable bonds is 4. The maximum atomic E-state index is 13.6. The topological polar surface area (TPSA) is 177 Å². The second kappa shape index (κ2) is 9.00. The van der Waals surface area contributed by atoms with Crippen molar-refractivity contribution in [2.24, 2.45) is 22.2 Å². The maximum absolute atomic E-state index is 13.6. The predicted octanol–water partition coefficient (Wildman–Crippen LogP) is 1.20. The summed E-state index contributed by atoms with van der Waals surface area (Å²) in [6.07, 6.45) is -4.60. The summed E-state index contributed by atoms with van der Waals surface area (Å²) in [6.45, 7) is 9.51. The van der Waals surface area contributed by atoms with Gasteiger partial charge in [-0.05, 0) is 38.8 Å². The molecule has 4 N–H and O–H groups in total. The molecule has 1 aliphatic heterocycles. The molecule has 214 valence electrons. The molecule has 1 saturated heterocycles. The summed E-state index contributed by atoms with van der Waals surface area (Å²) in [5.74, 6) is -5.64.